The van der Waals surface area contributed by atoms with Crippen LogP contribution >= 0.6 is 11.8 Å². The zero-order valence-electron chi connectivity index (χ0n) is 10.9. The molecule has 0 aromatic heterocycles. The molecular formula is C12H16N2O5S. The lowest BCUT2D eigenvalue weighted by molar-refractivity contribution is -0.146. The maximum Gasteiger partial charge on any atom is 0.306 e. The molecule has 2 aliphatic rings. The second-order valence-electron chi connectivity index (χ2n) is 4.84. The molecule has 0 spiro atoms. The molecule has 110 valence electrons. The van der Waals surface area contributed by atoms with Crippen molar-refractivity contribution in [2.24, 2.45) is 5.92 Å². The molecule has 0 aromatic rings. The van der Waals surface area contributed by atoms with Gasteiger partial charge in [0.1, 0.15) is 6.54 Å². The van der Waals surface area contributed by atoms with Crippen LogP contribution in [0.25, 0.3) is 0 Å². The first-order valence-corrected chi connectivity index (χ1v) is 7.45. The first-order chi connectivity index (χ1) is 9.49. The maximum atomic E-state index is 12.1. The molecule has 0 aliphatic carbocycles. The van der Waals surface area contributed by atoms with Crippen molar-refractivity contribution in [1.82, 2.24) is 9.80 Å². The lowest BCUT2D eigenvalue weighted by Crippen LogP contribution is -2.48. The fourth-order valence-electron chi connectivity index (χ4n) is 2.30. The molecule has 2 heterocycles. The summed E-state index contributed by atoms with van der Waals surface area (Å²) in [5.74, 6) is -1.39. The molecular weight excluding hydrogens is 284 g/mol. The average Bonchev–Trinajstić information content (AvgIpc) is 2.43. The van der Waals surface area contributed by atoms with E-state index in [0.29, 0.717) is 31.7 Å². The minimum absolute atomic E-state index is 0.234. The Labute approximate surface area is 120 Å². The fourth-order valence-corrected chi connectivity index (χ4v) is 3.08. The van der Waals surface area contributed by atoms with Gasteiger partial charge in [-0.05, 0) is 12.8 Å². The molecule has 3 amide bonds. The van der Waals surface area contributed by atoms with Gasteiger partial charge in [-0.3, -0.25) is 24.1 Å². The summed E-state index contributed by atoms with van der Waals surface area (Å²) in [5, 5.41) is 8.51. The highest BCUT2D eigenvalue weighted by Gasteiger charge is 2.32. The molecule has 2 rings (SSSR count). The summed E-state index contributed by atoms with van der Waals surface area (Å²) in [7, 11) is 0. The van der Waals surface area contributed by atoms with Crippen molar-refractivity contribution in [3.8, 4) is 0 Å². The third-order valence-corrected chi connectivity index (χ3v) is 4.43. The molecule has 0 bridgehead atoms. The Bertz CT molecular complexity index is 429. The van der Waals surface area contributed by atoms with Crippen molar-refractivity contribution in [2.75, 3.05) is 25.4 Å². The van der Waals surface area contributed by atoms with Gasteiger partial charge < -0.3 is 10.0 Å². The quantitative estimate of drug-likeness (QED) is 0.810. The number of carbonyl (C=O) groups is 4. The molecule has 2 aliphatic heterocycles. The summed E-state index contributed by atoms with van der Waals surface area (Å²) in [6.07, 6.45) is 1.10. The summed E-state index contributed by atoms with van der Waals surface area (Å²) >= 11 is 1.04. The highest BCUT2D eigenvalue weighted by atomic mass is 32.2. The molecule has 0 radical (unpaired) electrons. The van der Waals surface area contributed by atoms with Crippen LogP contribution in [-0.4, -0.2) is 63.3 Å². The number of imide groups is 1. The summed E-state index contributed by atoms with van der Waals surface area (Å²) < 4.78 is 0. The highest BCUT2D eigenvalue weighted by Crippen LogP contribution is 2.20. The van der Waals surface area contributed by atoms with Gasteiger partial charge in [-0.15, -0.1) is 0 Å². The van der Waals surface area contributed by atoms with Crippen LogP contribution in [0, 0.1) is 5.92 Å². The standard InChI is InChI=1S/C12H16N2O5S/c15-9-3-6-20-12(19)14(9)7-10(16)13-4-1-8(2-5-13)11(17)18/h8H,1-7H2,(H,17,18). The summed E-state index contributed by atoms with van der Waals surface area (Å²) in [6.45, 7) is 0.487. The zero-order chi connectivity index (χ0) is 14.7. The van der Waals surface area contributed by atoms with Gasteiger partial charge >= 0.3 is 5.97 Å². The number of amides is 3. The zero-order valence-corrected chi connectivity index (χ0v) is 11.7. The third kappa shape index (κ3) is 3.30. The number of likely N-dealkylation sites (tertiary alicyclic amines) is 1. The van der Waals surface area contributed by atoms with E-state index in [1.165, 1.54) is 4.90 Å². The van der Waals surface area contributed by atoms with Crippen molar-refractivity contribution in [3.63, 3.8) is 0 Å². The van der Waals surface area contributed by atoms with E-state index in [0.717, 1.165) is 16.7 Å². The SMILES string of the molecule is O=C(O)C1CCN(C(=O)CN2C(=O)CCSC2=O)CC1. The van der Waals surface area contributed by atoms with Gasteiger partial charge in [0.25, 0.3) is 5.24 Å². The van der Waals surface area contributed by atoms with Crippen LogP contribution in [0.4, 0.5) is 4.79 Å². The molecule has 7 nitrogen and oxygen atoms in total. The van der Waals surface area contributed by atoms with E-state index < -0.39 is 11.9 Å². The predicted molar refractivity (Wildman–Crippen MR) is 71.1 cm³/mol. The predicted octanol–water partition coefficient (Wildman–Crippen LogP) is 0.395. The maximum absolute atomic E-state index is 12.1. The Morgan fingerprint density at radius 3 is 2.45 bits per heavy atom. The van der Waals surface area contributed by atoms with Gasteiger partial charge in [0.05, 0.1) is 5.92 Å². The average molecular weight is 300 g/mol. The Hall–Kier alpha value is -1.57. The fraction of sp³-hybridized carbons (Fsp3) is 0.667. The molecule has 20 heavy (non-hydrogen) atoms. The number of carboxylic acid groups (broad SMARTS) is 1. The summed E-state index contributed by atoms with van der Waals surface area (Å²) in [4.78, 5) is 48.6. The van der Waals surface area contributed by atoms with Gasteiger partial charge in [0.15, 0.2) is 0 Å². The van der Waals surface area contributed by atoms with Gasteiger partial charge in [-0.25, -0.2) is 0 Å². The molecule has 2 fully saturated rings. The van der Waals surface area contributed by atoms with Crippen LogP contribution in [0.1, 0.15) is 19.3 Å². The molecule has 0 saturated carbocycles. The van der Waals surface area contributed by atoms with E-state index in [1.54, 1.807) is 0 Å². The van der Waals surface area contributed by atoms with E-state index in [9.17, 15) is 19.2 Å². The van der Waals surface area contributed by atoms with Crippen LogP contribution in [0.15, 0.2) is 0 Å². The number of rotatable bonds is 3. The molecule has 0 atom stereocenters. The Kier molecular flexibility index (Phi) is 4.64. The Balaban J connectivity index is 1.88. The number of carboxylic acids is 1. The Morgan fingerprint density at radius 2 is 1.90 bits per heavy atom. The van der Waals surface area contributed by atoms with E-state index in [1.807, 2.05) is 0 Å². The van der Waals surface area contributed by atoms with Crippen molar-refractivity contribution in [2.45, 2.75) is 19.3 Å². The summed E-state index contributed by atoms with van der Waals surface area (Å²) in [6, 6.07) is 0. The van der Waals surface area contributed by atoms with Crippen LogP contribution in [0.2, 0.25) is 0 Å². The molecule has 0 aromatic carbocycles. The molecule has 1 N–H and O–H groups in total. The Morgan fingerprint density at radius 1 is 1.25 bits per heavy atom. The van der Waals surface area contributed by atoms with Gasteiger partial charge in [-0.2, -0.15) is 0 Å². The van der Waals surface area contributed by atoms with Gasteiger partial charge in [0, 0.05) is 25.3 Å². The lowest BCUT2D eigenvalue weighted by atomic mass is 9.97. The van der Waals surface area contributed by atoms with Gasteiger partial charge in [0.2, 0.25) is 11.8 Å². The van der Waals surface area contributed by atoms with Crippen LogP contribution < -0.4 is 0 Å². The van der Waals surface area contributed by atoms with Gasteiger partial charge in [-0.1, -0.05) is 11.8 Å². The number of aliphatic carboxylic acids is 1. The minimum Gasteiger partial charge on any atom is -0.481 e. The van der Waals surface area contributed by atoms with E-state index in [-0.39, 0.29) is 30.0 Å². The normalized spacial score (nSPS) is 21.2. The number of piperidine rings is 1. The van der Waals surface area contributed by atoms with Crippen LogP contribution in [0.3, 0.4) is 0 Å². The first kappa shape index (κ1) is 14.8. The van der Waals surface area contributed by atoms with E-state index in [4.69, 9.17) is 5.11 Å². The van der Waals surface area contributed by atoms with Crippen molar-refractivity contribution in [1.29, 1.82) is 0 Å². The van der Waals surface area contributed by atoms with E-state index in [2.05, 4.69) is 0 Å². The highest BCUT2D eigenvalue weighted by molar-refractivity contribution is 8.13. The van der Waals surface area contributed by atoms with Crippen molar-refractivity contribution < 1.29 is 24.3 Å². The summed E-state index contributed by atoms with van der Waals surface area (Å²) in [5.41, 5.74) is 0. The second-order valence-corrected chi connectivity index (χ2v) is 5.88. The molecule has 8 heteroatoms. The number of thioether (sulfide) groups is 1. The van der Waals surface area contributed by atoms with Crippen molar-refractivity contribution >= 4 is 34.8 Å². The molecule has 0 unspecified atom stereocenters. The topological polar surface area (TPSA) is 95.0 Å². The third-order valence-electron chi connectivity index (χ3n) is 3.55. The van der Waals surface area contributed by atoms with Crippen molar-refractivity contribution in [3.05, 3.63) is 0 Å². The number of carbonyl (C=O) groups excluding carboxylic acids is 3. The monoisotopic (exact) mass is 300 g/mol. The minimum atomic E-state index is -0.838. The molecule has 2 saturated heterocycles. The van der Waals surface area contributed by atoms with E-state index >= 15 is 0 Å². The largest absolute Gasteiger partial charge is 0.481 e. The smallest absolute Gasteiger partial charge is 0.306 e. The first-order valence-electron chi connectivity index (χ1n) is 6.46. The number of nitrogens with zero attached hydrogens (tertiary/aromatic N) is 2. The second kappa shape index (κ2) is 6.25. The van der Waals surface area contributed by atoms with Crippen LogP contribution in [0.5, 0.6) is 0 Å². The lowest BCUT2D eigenvalue weighted by Gasteiger charge is -2.32. The number of hydrogen-bond donors (Lipinski definition) is 1. The number of hydrogen-bond acceptors (Lipinski definition) is 5. The van der Waals surface area contributed by atoms with Crippen LogP contribution in [-0.2, 0) is 14.4 Å².